The number of carbonyl (C=O) groups excluding carboxylic acids is 2. The summed E-state index contributed by atoms with van der Waals surface area (Å²) in [5.41, 5.74) is 1.73. The summed E-state index contributed by atoms with van der Waals surface area (Å²) in [4.78, 5) is 26.3. The Labute approximate surface area is 150 Å². The Balaban J connectivity index is 1.81. The second kappa shape index (κ2) is 8.37. The number of nitrogens with one attached hydrogen (secondary N) is 1. The fourth-order valence-electron chi connectivity index (χ4n) is 3.11. The maximum absolute atomic E-state index is 12.6. The van der Waals surface area contributed by atoms with E-state index in [1.165, 1.54) is 5.56 Å². The molecule has 1 N–H and O–H groups in total. The number of amides is 2. The molecule has 2 rings (SSSR count). The molecular formula is C20H30N2O3. The summed E-state index contributed by atoms with van der Waals surface area (Å²) in [5, 5.41) is 2.83. The van der Waals surface area contributed by atoms with Gasteiger partial charge in [-0.25, -0.2) is 4.79 Å². The number of benzene rings is 1. The number of alkyl carbamates (subject to hydrolysis) is 1. The fraction of sp³-hybridized carbons (Fsp3) is 0.600. The molecule has 1 fully saturated rings. The average molecular weight is 346 g/mol. The molecule has 5 heteroatoms. The predicted molar refractivity (Wildman–Crippen MR) is 98.4 cm³/mol. The largest absolute Gasteiger partial charge is 0.444 e. The first-order valence-electron chi connectivity index (χ1n) is 9.03. The van der Waals surface area contributed by atoms with Crippen molar-refractivity contribution in [3.05, 3.63) is 35.4 Å². The molecule has 0 spiro atoms. The number of likely N-dealkylation sites (tertiary alicyclic amines) is 1. The molecule has 2 amide bonds. The summed E-state index contributed by atoms with van der Waals surface area (Å²) in [5.74, 6) is 0.440. The van der Waals surface area contributed by atoms with Gasteiger partial charge in [0.1, 0.15) is 5.60 Å². The minimum Gasteiger partial charge on any atom is -0.444 e. The number of hydrogen-bond acceptors (Lipinski definition) is 3. The van der Waals surface area contributed by atoms with Crippen molar-refractivity contribution in [1.29, 1.82) is 0 Å². The number of ether oxygens (including phenoxy) is 1. The third-order valence-electron chi connectivity index (χ3n) is 4.24. The van der Waals surface area contributed by atoms with Crippen LogP contribution in [0.1, 0.15) is 44.7 Å². The number of rotatable bonds is 4. The van der Waals surface area contributed by atoms with Crippen molar-refractivity contribution in [2.24, 2.45) is 5.92 Å². The first-order valence-corrected chi connectivity index (χ1v) is 9.03. The van der Waals surface area contributed by atoms with E-state index in [4.69, 9.17) is 4.74 Å². The van der Waals surface area contributed by atoms with E-state index in [2.05, 4.69) is 11.4 Å². The summed E-state index contributed by atoms with van der Waals surface area (Å²) in [6.07, 6.45) is 2.04. The minimum atomic E-state index is -0.494. The van der Waals surface area contributed by atoms with E-state index in [1.807, 2.05) is 50.8 Å². The highest BCUT2D eigenvalue weighted by Gasteiger charge is 2.25. The Morgan fingerprint density at radius 3 is 2.76 bits per heavy atom. The van der Waals surface area contributed by atoms with Crippen LogP contribution in [0.25, 0.3) is 0 Å². The molecular weight excluding hydrogens is 316 g/mol. The molecule has 1 heterocycles. The fourth-order valence-corrected chi connectivity index (χ4v) is 3.11. The summed E-state index contributed by atoms with van der Waals surface area (Å²) in [6.45, 7) is 9.61. The molecule has 0 bridgehead atoms. The van der Waals surface area contributed by atoms with Gasteiger partial charge < -0.3 is 15.0 Å². The molecule has 1 atom stereocenters. The SMILES string of the molecule is Cc1cccc(CC(=O)N2CCCC(CNC(=O)OC(C)(C)C)C2)c1. The molecule has 1 aromatic carbocycles. The van der Waals surface area contributed by atoms with Crippen molar-refractivity contribution in [1.82, 2.24) is 10.2 Å². The topological polar surface area (TPSA) is 58.6 Å². The Kier molecular flexibility index (Phi) is 6.45. The zero-order valence-corrected chi connectivity index (χ0v) is 15.8. The van der Waals surface area contributed by atoms with Gasteiger partial charge in [-0.3, -0.25) is 4.79 Å². The Morgan fingerprint density at radius 2 is 2.08 bits per heavy atom. The number of hydrogen-bond donors (Lipinski definition) is 1. The highest BCUT2D eigenvalue weighted by atomic mass is 16.6. The van der Waals surface area contributed by atoms with Gasteiger partial charge in [0.2, 0.25) is 5.91 Å². The Bertz CT molecular complexity index is 607. The maximum Gasteiger partial charge on any atom is 0.407 e. The molecule has 1 aromatic rings. The third kappa shape index (κ3) is 6.77. The molecule has 0 aliphatic carbocycles. The second-order valence-electron chi connectivity index (χ2n) is 7.90. The predicted octanol–water partition coefficient (Wildman–Crippen LogP) is 3.30. The van der Waals surface area contributed by atoms with E-state index < -0.39 is 11.7 Å². The van der Waals surface area contributed by atoms with Crippen LogP contribution in [-0.2, 0) is 16.0 Å². The quantitative estimate of drug-likeness (QED) is 0.910. The van der Waals surface area contributed by atoms with Gasteiger partial charge in [0.15, 0.2) is 0 Å². The maximum atomic E-state index is 12.6. The van der Waals surface area contributed by atoms with Crippen LogP contribution in [0.3, 0.4) is 0 Å². The molecule has 0 saturated carbocycles. The molecule has 5 nitrogen and oxygen atoms in total. The zero-order valence-electron chi connectivity index (χ0n) is 15.8. The highest BCUT2D eigenvalue weighted by Crippen LogP contribution is 2.17. The van der Waals surface area contributed by atoms with E-state index in [0.717, 1.165) is 24.9 Å². The molecule has 1 unspecified atom stereocenters. The summed E-state index contributed by atoms with van der Waals surface area (Å²) >= 11 is 0. The summed E-state index contributed by atoms with van der Waals surface area (Å²) in [6, 6.07) is 8.08. The zero-order chi connectivity index (χ0) is 18.4. The van der Waals surface area contributed by atoms with Gasteiger partial charge in [0, 0.05) is 19.6 Å². The van der Waals surface area contributed by atoms with Gasteiger partial charge >= 0.3 is 6.09 Å². The Morgan fingerprint density at radius 1 is 1.32 bits per heavy atom. The number of carbonyl (C=O) groups is 2. The highest BCUT2D eigenvalue weighted by molar-refractivity contribution is 5.79. The molecule has 1 aliphatic rings. The van der Waals surface area contributed by atoms with Crippen LogP contribution in [0.5, 0.6) is 0 Å². The van der Waals surface area contributed by atoms with Gasteiger partial charge in [-0.2, -0.15) is 0 Å². The van der Waals surface area contributed by atoms with Crippen molar-refractivity contribution >= 4 is 12.0 Å². The van der Waals surface area contributed by atoms with Crippen LogP contribution >= 0.6 is 0 Å². The van der Waals surface area contributed by atoms with Crippen LogP contribution in [0.4, 0.5) is 4.79 Å². The van der Waals surface area contributed by atoms with Crippen molar-refractivity contribution < 1.29 is 14.3 Å². The normalized spacial score (nSPS) is 17.9. The summed E-state index contributed by atoms with van der Waals surface area (Å²) < 4.78 is 5.26. The van der Waals surface area contributed by atoms with Gasteiger partial charge in [0.05, 0.1) is 6.42 Å². The smallest absolute Gasteiger partial charge is 0.407 e. The van der Waals surface area contributed by atoms with Gasteiger partial charge in [-0.05, 0) is 52.0 Å². The van der Waals surface area contributed by atoms with E-state index in [-0.39, 0.29) is 11.8 Å². The average Bonchev–Trinajstić information content (AvgIpc) is 2.51. The minimum absolute atomic E-state index is 0.160. The molecule has 0 aromatic heterocycles. The second-order valence-corrected chi connectivity index (χ2v) is 7.90. The van der Waals surface area contributed by atoms with Crippen molar-refractivity contribution in [2.45, 2.75) is 52.6 Å². The van der Waals surface area contributed by atoms with Crippen LogP contribution in [0, 0.1) is 12.8 Å². The molecule has 25 heavy (non-hydrogen) atoms. The van der Waals surface area contributed by atoms with Crippen LogP contribution in [0.2, 0.25) is 0 Å². The standard InChI is InChI=1S/C20H30N2O3/c1-15-7-5-8-16(11-15)12-18(23)22-10-6-9-17(14-22)13-21-19(24)25-20(2,3)4/h5,7-8,11,17H,6,9-10,12-14H2,1-4H3,(H,21,24). The monoisotopic (exact) mass is 346 g/mol. The van der Waals surface area contributed by atoms with Crippen molar-refractivity contribution in [2.75, 3.05) is 19.6 Å². The first-order chi connectivity index (χ1) is 11.7. The molecule has 1 saturated heterocycles. The van der Waals surface area contributed by atoms with E-state index >= 15 is 0 Å². The number of piperidine rings is 1. The van der Waals surface area contributed by atoms with Gasteiger partial charge in [-0.15, -0.1) is 0 Å². The first kappa shape index (κ1) is 19.3. The van der Waals surface area contributed by atoms with Crippen molar-refractivity contribution in [3.63, 3.8) is 0 Å². The molecule has 1 aliphatic heterocycles. The van der Waals surface area contributed by atoms with Crippen molar-refractivity contribution in [3.8, 4) is 0 Å². The van der Waals surface area contributed by atoms with Gasteiger partial charge in [-0.1, -0.05) is 29.8 Å². The molecule has 138 valence electrons. The van der Waals surface area contributed by atoms with Crippen LogP contribution < -0.4 is 5.32 Å². The lowest BCUT2D eigenvalue weighted by molar-refractivity contribution is -0.132. The summed E-state index contributed by atoms with van der Waals surface area (Å²) in [7, 11) is 0. The number of aryl methyl sites for hydroxylation is 1. The third-order valence-corrected chi connectivity index (χ3v) is 4.24. The lowest BCUT2D eigenvalue weighted by atomic mass is 9.97. The van der Waals surface area contributed by atoms with E-state index in [9.17, 15) is 9.59 Å². The van der Waals surface area contributed by atoms with Crippen LogP contribution in [-0.4, -0.2) is 42.1 Å². The van der Waals surface area contributed by atoms with Gasteiger partial charge in [0.25, 0.3) is 0 Å². The van der Waals surface area contributed by atoms with E-state index in [1.54, 1.807) is 0 Å². The lowest BCUT2D eigenvalue weighted by Gasteiger charge is -2.33. The van der Waals surface area contributed by atoms with Crippen LogP contribution in [0.15, 0.2) is 24.3 Å². The Hall–Kier alpha value is -2.04. The number of nitrogens with zero attached hydrogens (tertiary/aromatic N) is 1. The van der Waals surface area contributed by atoms with E-state index in [0.29, 0.717) is 19.5 Å². The molecule has 0 radical (unpaired) electrons. The lowest BCUT2D eigenvalue weighted by Crippen LogP contribution is -2.44.